The van der Waals surface area contributed by atoms with Gasteiger partial charge in [0.25, 0.3) is 0 Å². The van der Waals surface area contributed by atoms with Crippen LogP contribution in [-0.2, 0) is 9.47 Å². The van der Waals surface area contributed by atoms with Gasteiger partial charge in [-0.2, -0.15) is 0 Å². The Morgan fingerprint density at radius 3 is 2.67 bits per heavy atom. The Bertz CT molecular complexity index is 161. The van der Waals surface area contributed by atoms with E-state index in [9.17, 15) is 0 Å². The molecule has 1 N–H and O–H groups in total. The molecule has 90 valence electrons. The summed E-state index contributed by atoms with van der Waals surface area (Å²) in [5.74, 6) is 0.615. The molecule has 0 radical (unpaired) electrons. The molecule has 0 spiro atoms. The number of rotatable bonds is 8. The van der Waals surface area contributed by atoms with Gasteiger partial charge in [0, 0.05) is 12.6 Å². The molecule has 0 heterocycles. The first-order chi connectivity index (χ1) is 7.22. The van der Waals surface area contributed by atoms with Crippen LogP contribution in [0.1, 0.15) is 26.7 Å². The molecule has 0 aromatic heterocycles. The van der Waals surface area contributed by atoms with Gasteiger partial charge in [-0.3, -0.25) is 4.72 Å². The third-order valence-corrected chi connectivity index (χ3v) is 2.98. The predicted molar refractivity (Wildman–Crippen MR) is 65.1 cm³/mol. The molecule has 0 aliphatic heterocycles. The SMILES string of the molecule is CSN[C@H]1C[C@@H](OCCOCC(C)C)C1. The molecule has 0 bridgehead atoms. The number of hydrogen-bond donors (Lipinski definition) is 1. The lowest BCUT2D eigenvalue weighted by atomic mass is 9.90. The van der Waals surface area contributed by atoms with Crippen molar-refractivity contribution in [1.29, 1.82) is 0 Å². The van der Waals surface area contributed by atoms with Crippen LogP contribution in [0.3, 0.4) is 0 Å². The third-order valence-electron chi connectivity index (χ3n) is 2.41. The fourth-order valence-electron chi connectivity index (χ4n) is 1.56. The molecule has 1 rings (SSSR count). The minimum absolute atomic E-state index is 0.456. The summed E-state index contributed by atoms with van der Waals surface area (Å²) in [5, 5.41) is 0. The lowest BCUT2D eigenvalue weighted by molar-refractivity contribution is -0.0408. The lowest BCUT2D eigenvalue weighted by Gasteiger charge is -2.35. The molecule has 3 nitrogen and oxygen atoms in total. The van der Waals surface area contributed by atoms with Crippen molar-refractivity contribution in [2.24, 2.45) is 5.92 Å². The summed E-state index contributed by atoms with van der Waals surface area (Å²) < 4.78 is 14.4. The van der Waals surface area contributed by atoms with Gasteiger partial charge in [-0.05, 0) is 25.0 Å². The number of ether oxygens (including phenoxy) is 2. The van der Waals surface area contributed by atoms with Crippen molar-refractivity contribution in [2.45, 2.75) is 38.8 Å². The zero-order valence-corrected chi connectivity index (χ0v) is 10.8. The van der Waals surface area contributed by atoms with Gasteiger partial charge in [0.15, 0.2) is 0 Å². The molecule has 4 heteroatoms. The van der Waals surface area contributed by atoms with Crippen molar-refractivity contribution in [1.82, 2.24) is 4.72 Å². The van der Waals surface area contributed by atoms with Crippen molar-refractivity contribution in [2.75, 3.05) is 26.1 Å². The summed E-state index contributed by atoms with van der Waals surface area (Å²) in [6, 6.07) is 0.654. The number of hydrogen-bond acceptors (Lipinski definition) is 4. The largest absolute Gasteiger partial charge is 0.379 e. The molecule has 1 aliphatic carbocycles. The van der Waals surface area contributed by atoms with Crippen LogP contribution in [0.15, 0.2) is 0 Å². The van der Waals surface area contributed by atoms with E-state index in [1.807, 2.05) is 0 Å². The maximum absolute atomic E-state index is 5.66. The van der Waals surface area contributed by atoms with Crippen LogP contribution in [0.5, 0.6) is 0 Å². The summed E-state index contributed by atoms with van der Waals surface area (Å²) in [5.41, 5.74) is 0. The van der Waals surface area contributed by atoms with E-state index in [1.54, 1.807) is 11.9 Å². The van der Waals surface area contributed by atoms with Crippen LogP contribution in [0.4, 0.5) is 0 Å². The average Bonchev–Trinajstić information content (AvgIpc) is 2.12. The minimum Gasteiger partial charge on any atom is -0.379 e. The van der Waals surface area contributed by atoms with Gasteiger partial charge >= 0.3 is 0 Å². The van der Waals surface area contributed by atoms with E-state index < -0.39 is 0 Å². The standard InChI is InChI=1S/C11H23NO2S/c1-9(2)8-13-4-5-14-11-6-10(7-11)12-15-3/h9-12H,4-8H2,1-3H3/t10-,11+. The topological polar surface area (TPSA) is 30.5 Å². The summed E-state index contributed by atoms with van der Waals surface area (Å²) in [6.45, 7) is 6.63. The van der Waals surface area contributed by atoms with Gasteiger partial charge in [-0.1, -0.05) is 25.8 Å². The third kappa shape index (κ3) is 5.76. The Morgan fingerprint density at radius 1 is 1.33 bits per heavy atom. The van der Waals surface area contributed by atoms with Crippen LogP contribution < -0.4 is 4.72 Å². The van der Waals surface area contributed by atoms with Gasteiger partial charge in [0.2, 0.25) is 0 Å². The van der Waals surface area contributed by atoms with Gasteiger partial charge in [0.05, 0.1) is 19.3 Å². The summed E-state index contributed by atoms with van der Waals surface area (Å²) >= 11 is 1.69. The highest BCUT2D eigenvalue weighted by molar-refractivity contribution is 7.96. The van der Waals surface area contributed by atoms with Crippen LogP contribution in [-0.4, -0.2) is 38.2 Å². The second kappa shape index (κ2) is 7.49. The quantitative estimate of drug-likeness (QED) is 0.513. The molecule has 1 aliphatic rings. The maximum atomic E-state index is 5.66. The molecule has 0 atom stereocenters. The molecular formula is C11H23NO2S. The van der Waals surface area contributed by atoms with Crippen LogP contribution in [0.2, 0.25) is 0 Å². The second-order valence-corrected chi connectivity index (χ2v) is 5.10. The lowest BCUT2D eigenvalue weighted by Crippen LogP contribution is -2.43. The van der Waals surface area contributed by atoms with Crippen molar-refractivity contribution in [3.8, 4) is 0 Å². The first-order valence-corrected chi connectivity index (χ1v) is 6.92. The number of nitrogens with one attached hydrogen (secondary N) is 1. The van der Waals surface area contributed by atoms with Crippen molar-refractivity contribution in [3.05, 3.63) is 0 Å². The molecule has 0 unspecified atom stereocenters. The minimum atomic E-state index is 0.456. The van der Waals surface area contributed by atoms with E-state index in [4.69, 9.17) is 9.47 Å². The first kappa shape index (κ1) is 13.3. The van der Waals surface area contributed by atoms with Crippen LogP contribution >= 0.6 is 11.9 Å². The Hall–Kier alpha value is 0.230. The normalized spacial score (nSPS) is 25.6. The summed E-state index contributed by atoms with van der Waals surface area (Å²) in [4.78, 5) is 0. The zero-order chi connectivity index (χ0) is 11.1. The van der Waals surface area contributed by atoms with Crippen molar-refractivity contribution < 1.29 is 9.47 Å². The fraction of sp³-hybridized carbons (Fsp3) is 1.00. The monoisotopic (exact) mass is 233 g/mol. The van der Waals surface area contributed by atoms with Gasteiger partial charge in [-0.15, -0.1) is 0 Å². The van der Waals surface area contributed by atoms with Crippen LogP contribution in [0.25, 0.3) is 0 Å². The van der Waals surface area contributed by atoms with E-state index in [-0.39, 0.29) is 0 Å². The van der Waals surface area contributed by atoms with Crippen molar-refractivity contribution >= 4 is 11.9 Å². The Morgan fingerprint density at radius 2 is 2.07 bits per heavy atom. The smallest absolute Gasteiger partial charge is 0.0704 e. The maximum Gasteiger partial charge on any atom is 0.0704 e. The van der Waals surface area contributed by atoms with Gasteiger partial charge < -0.3 is 9.47 Å². The highest BCUT2D eigenvalue weighted by Gasteiger charge is 2.28. The molecule has 1 fully saturated rings. The molecular weight excluding hydrogens is 210 g/mol. The Balaban J connectivity index is 1.82. The van der Waals surface area contributed by atoms with Gasteiger partial charge in [-0.25, -0.2) is 0 Å². The van der Waals surface area contributed by atoms with Gasteiger partial charge in [0.1, 0.15) is 0 Å². The first-order valence-electron chi connectivity index (χ1n) is 5.70. The van der Waals surface area contributed by atoms with E-state index in [0.717, 1.165) is 32.7 Å². The molecule has 15 heavy (non-hydrogen) atoms. The zero-order valence-electron chi connectivity index (χ0n) is 9.99. The molecule has 1 saturated carbocycles. The average molecular weight is 233 g/mol. The Labute approximate surface area is 97.4 Å². The second-order valence-electron chi connectivity index (χ2n) is 4.45. The van der Waals surface area contributed by atoms with Crippen molar-refractivity contribution in [3.63, 3.8) is 0 Å². The molecule has 0 amide bonds. The van der Waals surface area contributed by atoms with E-state index in [0.29, 0.717) is 18.1 Å². The highest BCUT2D eigenvalue weighted by Crippen LogP contribution is 2.24. The molecule has 0 saturated heterocycles. The van der Waals surface area contributed by atoms with E-state index in [1.165, 1.54) is 0 Å². The molecule has 0 aromatic carbocycles. The predicted octanol–water partition coefficient (Wildman–Crippen LogP) is 2.07. The van der Waals surface area contributed by atoms with Crippen LogP contribution in [0, 0.1) is 5.92 Å². The Kier molecular flexibility index (Phi) is 6.64. The van der Waals surface area contributed by atoms with E-state index >= 15 is 0 Å². The summed E-state index contributed by atoms with van der Waals surface area (Å²) in [7, 11) is 0. The molecule has 0 aromatic rings. The highest BCUT2D eigenvalue weighted by atomic mass is 32.2. The fourth-order valence-corrected chi connectivity index (χ4v) is 2.08. The van der Waals surface area contributed by atoms with E-state index in [2.05, 4.69) is 24.8 Å². The summed E-state index contributed by atoms with van der Waals surface area (Å²) in [6.07, 6.45) is 4.81.